The number of hydrogen-bond donors (Lipinski definition) is 1. The lowest BCUT2D eigenvalue weighted by Gasteiger charge is -2.19. The van der Waals surface area contributed by atoms with Gasteiger partial charge in [0, 0.05) is 12.2 Å². The zero-order valence-electron chi connectivity index (χ0n) is 18.4. The summed E-state index contributed by atoms with van der Waals surface area (Å²) in [6.07, 6.45) is 5.50. The van der Waals surface area contributed by atoms with Crippen LogP contribution < -0.4 is 10.9 Å². The van der Waals surface area contributed by atoms with Crippen LogP contribution in [0, 0.1) is 0 Å². The molecule has 3 aliphatic rings. The number of rotatable bonds is 6. The van der Waals surface area contributed by atoms with Crippen LogP contribution in [0.2, 0.25) is 0 Å². The molecule has 0 spiro atoms. The Bertz CT molecular complexity index is 1280. The lowest BCUT2D eigenvalue weighted by atomic mass is 10.1. The number of para-hydroxylation sites is 1. The number of thioether (sulfide) groups is 1. The molecule has 0 radical (unpaired) electrons. The lowest BCUT2D eigenvalue weighted by molar-refractivity contribution is -0.120. The molecule has 0 fully saturated rings. The molecule has 1 atom stereocenters. The number of hydrogen-bond acceptors (Lipinski definition) is 6. The average molecular weight is 464 g/mol. The molecule has 1 amide bonds. The van der Waals surface area contributed by atoms with E-state index in [1.807, 2.05) is 43.3 Å². The van der Waals surface area contributed by atoms with E-state index in [1.165, 1.54) is 16.4 Å². The maximum Gasteiger partial charge on any atom is 0.284 e. The van der Waals surface area contributed by atoms with Crippen molar-refractivity contribution < 1.29 is 9.21 Å². The van der Waals surface area contributed by atoms with Crippen LogP contribution in [0.5, 0.6) is 0 Å². The summed E-state index contributed by atoms with van der Waals surface area (Å²) in [6, 6.07) is 13.0. The van der Waals surface area contributed by atoms with Gasteiger partial charge in [-0.3, -0.25) is 9.59 Å². The predicted molar refractivity (Wildman–Crippen MR) is 126 cm³/mol. The summed E-state index contributed by atoms with van der Waals surface area (Å²) < 4.78 is 8.84. The van der Waals surface area contributed by atoms with Crippen molar-refractivity contribution in [3.05, 3.63) is 70.5 Å². The molecule has 1 aromatic heterocycles. The van der Waals surface area contributed by atoms with Crippen LogP contribution in [0.3, 0.4) is 0 Å². The Hall–Kier alpha value is -3.33. The Morgan fingerprint density at radius 3 is 2.82 bits per heavy atom. The fourth-order valence-corrected chi connectivity index (χ4v) is 5.10. The smallest absolute Gasteiger partial charge is 0.284 e. The number of carbonyl (C=O) groups is 1. The first-order valence-electron chi connectivity index (χ1n) is 11.2. The van der Waals surface area contributed by atoms with Crippen LogP contribution in [-0.4, -0.2) is 30.5 Å². The third kappa shape index (κ3) is 4.32. The molecule has 2 aromatic rings. The number of nitrogens with one attached hydrogen (secondary N) is 1. The predicted octanol–water partition coefficient (Wildman–Crippen LogP) is 3.65. The van der Waals surface area contributed by atoms with Gasteiger partial charge in [-0.25, -0.2) is 4.98 Å². The number of amides is 1. The van der Waals surface area contributed by atoms with E-state index >= 15 is 0 Å². The van der Waals surface area contributed by atoms with Gasteiger partial charge in [0.25, 0.3) is 5.56 Å². The van der Waals surface area contributed by atoms with Crippen LogP contribution in [0.1, 0.15) is 37.6 Å². The van der Waals surface area contributed by atoms with Crippen molar-refractivity contribution in [1.29, 1.82) is 0 Å². The Morgan fingerprint density at radius 2 is 2.03 bits per heavy atom. The molecule has 8 nitrogen and oxygen atoms in total. The first-order chi connectivity index (χ1) is 16.1. The Morgan fingerprint density at radius 1 is 1.18 bits per heavy atom. The second-order valence-corrected chi connectivity index (χ2v) is 9.42. The van der Waals surface area contributed by atoms with Gasteiger partial charge < -0.3 is 14.3 Å². The fraction of sp³-hybridized carbons (Fsp3) is 0.333. The van der Waals surface area contributed by atoms with Gasteiger partial charge in [0.2, 0.25) is 5.91 Å². The highest BCUT2D eigenvalue weighted by molar-refractivity contribution is 8.00. The Kier molecular flexibility index (Phi) is 6.04. The molecule has 0 bridgehead atoms. The van der Waals surface area contributed by atoms with E-state index in [1.54, 1.807) is 12.3 Å². The van der Waals surface area contributed by atoms with Gasteiger partial charge in [0.1, 0.15) is 11.3 Å². The molecule has 9 heteroatoms. The van der Waals surface area contributed by atoms with Crippen molar-refractivity contribution in [3.63, 3.8) is 0 Å². The van der Waals surface area contributed by atoms with Gasteiger partial charge in [-0.2, -0.15) is 4.68 Å². The van der Waals surface area contributed by atoms with Crippen molar-refractivity contribution in [2.24, 2.45) is 0 Å². The summed E-state index contributed by atoms with van der Waals surface area (Å²) >= 11 is 1.40. The standard InChI is InChI=1S/C24H25N5O3S/c1-16(22(30)25-15-18-11-8-14-32-18)33-24-26-21-20(19-12-6-3-7-13-28(19)24)23(31)29(27-21)17-9-4-2-5-10-17/h2,4-5,8-11,14,16H,3,6-7,12-13,15H2,1H3,(H,25,30)/t16-/m0/s1. The summed E-state index contributed by atoms with van der Waals surface area (Å²) in [5, 5.41) is 7.82. The molecule has 0 saturated carbocycles. The minimum absolute atomic E-state index is 0.0967. The van der Waals surface area contributed by atoms with Gasteiger partial charge in [-0.05, 0) is 50.5 Å². The van der Waals surface area contributed by atoms with Crippen molar-refractivity contribution in [3.8, 4) is 17.1 Å². The summed E-state index contributed by atoms with van der Waals surface area (Å²) in [5.74, 6) is 1.04. The molecular formula is C24H25N5O3S. The maximum atomic E-state index is 13.3. The van der Waals surface area contributed by atoms with Crippen LogP contribution in [-0.2, 0) is 24.3 Å². The van der Waals surface area contributed by atoms with Crippen LogP contribution in [0.25, 0.3) is 17.1 Å². The maximum absolute atomic E-state index is 13.3. The van der Waals surface area contributed by atoms with Crippen molar-refractivity contribution in [2.45, 2.75) is 56.1 Å². The summed E-state index contributed by atoms with van der Waals surface area (Å²) in [6.45, 7) is 2.98. The summed E-state index contributed by atoms with van der Waals surface area (Å²) in [5.41, 5.74) is 2.12. The largest absolute Gasteiger partial charge is 0.467 e. The first-order valence-corrected chi connectivity index (χ1v) is 12.0. The molecule has 0 unspecified atom stereocenters. The molecular weight excluding hydrogens is 438 g/mol. The molecule has 1 N–H and O–H groups in total. The van der Waals surface area contributed by atoms with Crippen LogP contribution in [0.4, 0.5) is 0 Å². The van der Waals surface area contributed by atoms with Crippen molar-refractivity contribution >= 4 is 17.7 Å². The molecule has 4 heterocycles. The van der Waals surface area contributed by atoms with Crippen LogP contribution in [0.15, 0.2) is 63.1 Å². The molecule has 0 saturated heterocycles. The van der Waals surface area contributed by atoms with Gasteiger partial charge in [-0.15, -0.1) is 5.10 Å². The van der Waals surface area contributed by atoms with E-state index in [0.717, 1.165) is 43.1 Å². The number of fused-ring (bicyclic) bond motifs is 3. The highest BCUT2D eigenvalue weighted by Gasteiger charge is 2.28. The molecule has 170 valence electrons. The molecule has 0 aliphatic carbocycles. The van der Waals surface area contributed by atoms with E-state index in [4.69, 9.17) is 9.40 Å². The van der Waals surface area contributed by atoms with E-state index < -0.39 is 0 Å². The van der Waals surface area contributed by atoms with E-state index in [2.05, 4.69) is 15.0 Å². The Balaban J connectivity index is 1.49. The minimum atomic E-state index is -0.368. The Labute approximate surface area is 195 Å². The normalized spacial score (nSPS) is 14.6. The van der Waals surface area contributed by atoms with Crippen molar-refractivity contribution in [1.82, 2.24) is 24.6 Å². The van der Waals surface area contributed by atoms with Crippen molar-refractivity contribution in [2.75, 3.05) is 0 Å². The third-order valence-electron chi connectivity index (χ3n) is 5.84. The van der Waals surface area contributed by atoms with Gasteiger partial charge >= 0.3 is 0 Å². The number of carbonyl (C=O) groups excluding carboxylic acids is 1. The quantitative estimate of drug-likeness (QED) is 0.346. The molecule has 33 heavy (non-hydrogen) atoms. The van der Waals surface area contributed by atoms with E-state index in [-0.39, 0.29) is 16.7 Å². The number of benzene rings is 1. The molecule has 1 aromatic carbocycles. The van der Waals surface area contributed by atoms with E-state index in [9.17, 15) is 9.59 Å². The minimum Gasteiger partial charge on any atom is -0.467 e. The summed E-state index contributed by atoms with van der Waals surface area (Å²) in [7, 11) is 0. The second-order valence-electron chi connectivity index (χ2n) is 8.11. The molecule has 5 rings (SSSR count). The second kappa shape index (κ2) is 9.27. The highest BCUT2D eigenvalue weighted by Crippen LogP contribution is 2.32. The van der Waals surface area contributed by atoms with Gasteiger partial charge in [0.05, 0.1) is 23.7 Å². The molecule has 3 aliphatic heterocycles. The van der Waals surface area contributed by atoms with E-state index in [0.29, 0.717) is 29.4 Å². The zero-order valence-corrected chi connectivity index (χ0v) is 19.2. The number of aromatic nitrogens is 4. The number of furan rings is 1. The SMILES string of the molecule is C[C@H](Sc1nc2nn(-c3ccccc3)c(=O)c-2c2n1CCCCC2)C(=O)NCc1ccco1. The highest BCUT2D eigenvalue weighted by atomic mass is 32.2. The first kappa shape index (κ1) is 21.5. The fourth-order valence-electron chi connectivity index (χ4n) is 4.13. The lowest BCUT2D eigenvalue weighted by Crippen LogP contribution is -2.31. The third-order valence-corrected chi connectivity index (χ3v) is 6.93. The van der Waals surface area contributed by atoms with Crippen LogP contribution >= 0.6 is 11.8 Å². The van der Waals surface area contributed by atoms with Gasteiger partial charge in [0.15, 0.2) is 11.0 Å². The monoisotopic (exact) mass is 463 g/mol. The summed E-state index contributed by atoms with van der Waals surface area (Å²) in [4.78, 5) is 30.8. The number of nitrogens with zero attached hydrogens (tertiary/aromatic N) is 4. The zero-order chi connectivity index (χ0) is 22.8. The topological polar surface area (TPSA) is 95.0 Å². The van der Waals surface area contributed by atoms with Gasteiger partial charge in [-0.1, -0.05) is 36.4 Å². The average Bonchev–Trinajstić information content (AvgIpc) is 3.39.